The molecule has 0 unspecified atom stereocenters. The zero-order chi connectivity index (χ0) is 11.4. The second-order valence-corrected chi connectivity index (χ2v) is 4.15. The van der Waals surface area contributed by atoms with Crippen LogP contribution in [-0.4, -0.2) is 12.8 Å². The Bertz CT molecular complexity index is 439. The summed E-state index contributed by atoms with van der Waals surface area (Å²) in [6.45, 7) is 0. The SMILES string of the molecule is [B]Cc1ccnc(-c2cccc(CBr)c2)c1. The fourth-order valence-electron chi connectivity index (χ4n) is 1.57. The van der Waals surface area contributed by atoms with Crippen LogP contribution in [0.3, 0.4) is 0 Å². The van der Waals surface area contributed by atoms with Crippen LogP contribution in [0.1, 0.15) is 11.1 Å². The van der Waals surface area contributed by atoms with E-state index >= 15 is 0 Å². The molecule has 0 aliphatic carbocycles. The van der Waals surface area contributed by atoms with Crippen molar-refractivity contribution in [2.75, 3.05) is 0 Å². The van der Waals surface area contributed by atoms with Crippen LogP contribution in [0.25, 0.3) is 11.3 Å². The van der Waals surface area contributed by atoms with Crippen LogP contribution >= 0.6 is 15.9 Å². The average molecular weight is 272 g/mol. The average Bonchev–Trinajstić information content (AvgIpc) is 2.39. The van der Waals surface area contributed by atoms with Crippen LogP contribution in [0.4, 0.5) is 0 Å². The zero-order valence-corrected chi connectivity index (χ0v) is 10.4. The molecule has 0 atom stereocenters. The van der Waals surface area contributed by atoms with Gasteiger partial charge in [0.2, 0.25) is 0 Å². The van der Waals surface area contributed by atoms with Crippen LogP contribution in [-0.2, 0) is 11.7 Å². The van der Waals surface area contributed by atoms with E-state index in [1.54, 1.807) is 6.20 Å². The van der Waals surface area contributed by atoms with E-state index in [4.69, 9.17) is 7.85 Å². The van der Waals surface area contributed by atoms with Gasteiger partial charge in [0.25, 0.3) is 0 Å². The van der Waals surface area contributed by atoms with Gasteiger partial charge in [0.15, 0.2) is 0 Å². The molecule has 0 aliphatic rings. The van der Waals surface area contributed by atoms with E-state index in [1.165, 1.54) is 5.56 Å². The second-order valence-electron chi connectivity index (χ2n) is 3.59. The van der Waals surface area contributed by atoms with Gasteiger partial charge in [-0.25, -0.2) is 0 Å². The van der Waals surface area contributed by atoms with E-state index in [9.17, 15) is 0 Å². The number of aromatic nitrogens is 1. The number of halogens is 1. The number of rotatable bonds is 3. The summed E-state index contributed by atoms with van der Waals surface area (Å²) in [6.07, 6.45) is 2.35. The van der Waals surface area contributed by atoms with Gasteiger partial charge in [-0.15, -0.1) is 0 Å². The second kappa shape index (κ2) is 5.31. The van der Waals surface area contributed by atoms with Crippen molar-refractivity contribution in [2.24, 2.45) is 0 Å². The lowest BCUT2D eigenvalue weighted by Crippen LogP contribution is -1.89. The first kappa shape index (κ1) is 11.4. The highest BCUT2D eigenvalue weighted by molar-refractivity contribution is 9.08. The molecule has 0 saturated carbocycles. The van der Waals surface area contributed by atoms with E-state index in [0.29, 0.717) is 6.32 Å². The number of hydrogen-bond acceptors (Lipinski definition) is 1. The summed E-state index contributed by atoms with van der Waals surface area (Å²) >= 11 is 3.45. The van der Waals surface area contributed by atoms with Crippen molar-refractivity contribution >= 4 is 23.8 Å². The molecule has 1 aromatic carbocycles. The molecular formula is C13H11BBrN. The number of benzene rings is 1. The summed E-state index contributed by atoms with van der Waals surface area (Å²) in [4.78, 5) is 4.36. The molecule has 3 heteroatoms. The third-order valence-electron chi connectivity index (χ3n) is 2.44. The molecule has 2 rings (SSSR count). The van der Waals surface area contributed by atoms with Crippen molar-refractivity contribution in [1.29, 1.82) is 0 Å². The van der Waals surface area contributed by atoms with Crippen LogP contribution in [0, 0.1) is 0 Å². The molecule has 0 bridgehead atoms. The molecule has 0 fully saturated rings. The highest BCUT2D eigenvalue weighted by atomic mass is 79.9. The van der Waals surface area contributed by atoms with Crippen molar-refractivity contribution < 1.29 is 0 Å². The van der Waals surface area contributed by atoms with Crippen molar-refractivity contribution in [1.82, 2.24) is 4.98 Å². The fraction of sp³-hybridized carbons (Fsp3) is 0.154. The maximum Gasteiger partial charge on any atom is 0.0716 e. The van der Waals surface area contributed by atoms with Crippen LogP contribution in [0.2, 0.25) is 0 Å². The first-order valence-electron chi connectivity index (χ1n) is 5.14. The van der Waals surface area contributed by atoms with Crippen LogP contribution < -0.4 is 0 Å². The quantitative estimate of drug-likeness (QED) is 0.617. The predicted octanol–water partition coefficient (Wildman–Crippen LogP) is 3.31. The van der Waals surface area contributed by atoms with Gasteiger partial charge in [0, 0.05) is 17.1 Å². The minimum Gasteiger partial charge on any atom is -0.256 e. The Hall–Kier alpha value is -1.09. The lowest BCUT2D eigenvalue weighted by Gasteiger charge is -2.04. The normalized spacial score (nSPS) is 10.3. The standard InChI is InChI=1S/C13H11BBrN/c14-8-10-4-5-16-13(7-10)12-3-1-2-11(6-12)9-15/h1-7H,8-9H2. The number of nitrogens with zero attached hydrogens (tertiary/aromatic N) is 1. The number of alkyl halides is 1. The Kier molecular flexibility index (Phi) is 3.78. The molecule has 2 aromatic rings. The summed E-state index contributed by atoms with van der Waals surface area (Å²) in [5.74, 6) is 0. The van der Waals surface area contributed by atoms with Crippen molar-refractivity contribution in [3.05, 3.63) is 53.7 Å². The molecular weight excluding hydrogens is 261 g/mol. The van der Waals surface area contributed by atoms with E-state index in [0.717, 1.165) is 22.2 Å². The van der Waals surface area contributed by atoms with Gasteiger partial charge < -0.3 is 0 Å². The summed E-state index contributed by atoms with van der Waals surface area (Å²) in [6, 6.07) is 12.3. The van der Waals surface area contributed by atoms with Crippen molar-refractivity contribution in [3.63, 3.8) is 0 Å². The number of pyridine rings is 1. The monoisotopic (exact) mass is 271 g/mol. The Morgan fingerprint density at radius 1 is 1.12 bits per heavy atom. The summed E-state index contributed by atoms with van der Waals surface area (Å²) in [5.41, 5.74) is 4.46. The van der Waals surface area contributed by atoms with Gasteiger partial charge in [-0.3, -0.25) is 4.98 Å². The predicted molar refractivity (Wildman–Crippen MR) is 71.8 cm³/mol. The molecule has 1 aromatic heterocycles. The van der Waals surface area contributed by atoms with E-state index in [-0.39, 0.29) is 0 Å². The van der Waals surface area contributed by atoms with Crippen molar-refractivity contribution in [2.45, 2.75) is 11.7 Å². The van der Waals surface area contributed by atoms with E-state index in [2.05, 4.69) is 39.1 Å². The largest absolute Gasteiger partial charge is 0.256 e. The molecule has 1 heterocycles. The first-order chi connectivity index (χ1) is 7.83. The molecule has 0 spiro atoms. The van der Waals surface area contributed by atoms with Gasteiger partial charge in [-0.2, -0.15) is 0 Å². The van der Waals surface area contributed by atoms with Gasteiger partial charge in [-0.05, 0) is 23.8 Å². The fourth-order valence-corrected chi connectivity index (χ4v) is 1.92. The highest BCUT2D eigenvalue weighted by Gasteiger charge is 2.00. The smallest absolute Gasteiger partial charge is 0.0716 e. The molecule has 0 aliphatic heterocycles. The van der Waals surface area contributed by atoms with Crippen LogP contribution in [0.15, 0.2) is 42.6 Å². The minimum absolute atomic E-state index is 0.549. The summed E-state index contributed by atoms with van der Waals surface area (Å²) in [7, 11) is 5.62. The lowest BCUT2D eigenvalue weighted by molar-refractivity contribution is 1.26. The van der Waals surface area contributed by atoms with E-state index < -0.39 is 0 Å². The Labute approximate surface area is 105 Å². The van der Waals surface area contributed by atoms with Crippen LogP contribution in [0.5, 0.6) is 0 Å². The first-order valence-corrected chi connectivity index (χ1v) is 6.26. The van der Waals surface area contributed by atoms with Crippen molar-refractivity contribution in [3.8, 4) is 11.3 Å². The topological polar surface area (TPSA) is 12.9 Å². The molecule has 2 radical (unpaired) electrons. The highest BCUT2D eigenvalue weighted by Crippen LogP contribution is 2.20. The molecule has 0 saturated heterocycles. The zero-order valence-electron chi connectivity index (χ0n) is 8.86. The molecule has 0 N–H and O–H groups in total. The van der Waals surface area contributed by atoms with Gasteiger partial charge in [0.05, 0.1) is 13.5 Å². The Morgan fingerprint density at radius 3 is 2.75 bits per heavy atom. The molecule has 16 heavy (non-hydrogen) atoms. The van der Waals surface area contributed by atoms with E-state index in [1.807, 2.05) is 18.2 Å². The maximum absolute atomic E-state index is 5.62. The van der Waals surface area contributed by atoms with Gasteiger partial charge >= 0.3 is 0 Å². The molecule has 1 nitrogen and oxygen atoms in total. The summed E-state index contributed by atoms with van der Waals surface area (Å²) in [5, 5.41) is 0.859. The third kappa shape index (κ3) is 2.53. The Balaban J connectivity index is 2.41. The Morgan fingerprint density at radius 2 is 2.00 bits per heavy atom. The molecule has 78 valence electrons. The lowest BCUT2D eigenvalue weighted by atomic mass is 9.96. The minimum atomic E-state index is 0.549. The van der Waals surface area contributed by atoms with Gasteiger partial charge in [-0.1, -0.05) is 46.0 Å². The number of hydrogen-bond donors (Lipinski definition) is 0. The summed E-state index contributed by atoms with van der Waals surface area (Å²) < 4.78 is 0. The van der Waals surface area contributed by atoms with Gasteiger partial charge in [0.1, 0.15) is 0 Å². The maximum atomic E-state index is 5.62. The molecule has 0 amide bonds. The third-order valence-corrected chi connectivity index (χ3v) is 3.08.